The SMILES string of the molecule is COc1cc(NC(N)=S)ccc1NC(C)=O. The van der Waals surface area contributed by atoms with Crippen molar-refractivity contribution >= 4 is 34.6 Å². The Balaban J connectivity index is 2.96. The Morgan fingerprint density at radius 1 is 1.44 bits per heavy atom. The number of methoxy groups -OCH3 is 1. The molecule has 1 rings (SSSR count). The fourth-order valence-electron chi connectivity index (χ4n) is 1.20. The second-order valence-corrected chi connectivity index (χ2v) is 3.53. The lowest BCUT2D eigenvalue weighted by atomic mass is 10.2. The van der Waals surface area contributed by atoms with Gasteiger partial charge in [-0.05, 0) is 24.4 Å². The average molecular weight is 239 g/mol. The van der Waals surface area contributed by atoms with Crippen LogP contribution >= 0.6 is 12.2 Å². The van der Waals surface area contributed by atoms with Crippen molar-refractivity contribution in [2.75, 3.05) is 17.7 Å². The Morgan fingerprint density at radius 2 is 2.12 bits per heavy atom. The van der Waals surface area contributed by atoms with E-state index >= 15 is 0 Å². The van der Waals surface area contributed by atoms with Crippen molar-refractivity contribution in [2.45, 2.75) is 6.92 Å². The Morgan fingerprint density at radius 3 is 2.62 bits per heavy atom. The third-order valence-corrected chi connectivity index (χ3v) is 1.88. The number of hydrogen-bond donors (Lipinski definition) is 3. The number of benzene rings is 1. The van der Waals surface area contributed by atoms with E-state index < -0.39 is 0 Å². The van der Waals surface area contributed by atoms with Gasteiger partial charge in [0.25, 0.3) is 0 Å². The highest BCUT2D eigenvalue weighted by Gasteiger charge is 2.05. The molecular weight excluding hydrogens is 226 g/mol. The van der Waals surface area contributed by atoms with Crippen LogP contribution in [0.15, 0.2) is 18.2 Å². The summed E-state index contributed by atoms with van der Waals surface area (Å²) in [6.07, 6.45) is 0. The van der Waals surface area contributed by atoms with Gasteiger partial charge in [0.2, 0.25) is 5.91 Å². The summed E-state index contributed by atoms with van der Waals surface area (Å²) in [5, 5.41) is 5.60. The molecule has 1 aromatic rings. The Labute approximate surface area is 99.0 Å². The molecule has 0 aromatic heterocycles. The zero-order chi connectivity index (χ0) is 12.1. The molecule has 4 N–H and O–H groups in total. The molecule has 0 radical (unpaired) electrons. The van der Waals surface area contributed by atoms with Gasteiger partial charge in [-0.3, -0.25) is 4.79 Å². The quantitative estimate of drug-likeness (QED) is 0.693. The summed E-state index contributed by atoms with van der Waals surface area (Å²) >= 11 is 4.72. The van der Waals surface area contributed by atoms with E-state index in [0.717, 1.165) is 0 Å². The molecule has 0 atom stereocenters. The first-order chi connectivity index (χ1) is 7.52. The van der Waals surface area contributed by atoms with E-state index in [9.17, 15) is 4.79 Å². The molecule has 0 aliphatic heterocycles. The molecule has 1 aromatic carbocycles. The summed E-state index contributed by atoms with van der Waals surface area (Å²) in [6.45, 7) is 1.43. The summed E-state index contributed by atoms with van der Waals surface area (Å²) in [7, 11) is 1.52. The maximum absolute atomic E-state index is 10.9. The van der Waals surface area contributed by atoms with E-state index in [1.165, 1.54) is 14.0 Å². The van der Waals surface area contributed by atoms with E-state index in [0.29, 0.717) is 17.1 Å². The fourth-order valence-corrected chi connectivity index (χ4v) is 1.32. The highest BCUT2D eigenvalue weighted by atomic mass is 32.1. The van der Waals surface area contributed by atoms with Gasteiger partial charge in [0.05, 0.1) is 12.8 Å². The van der Waals surface area contributed by atoms with Gasteiger partial charge >= 0.3 is 0 Å². The number of thiocarbonyl (C=S) groups is 1. The molecule has 0 unspecified atom stereocenters. The summed E-state index contributed by atoms with van der Waals surface area (Å²) in [5.41, 5.74) is 6.65. The molecule has 0 aliphatic carbocycles. The second kappa shape index (κ2) is 5.32. The van der Waals surface area contributed by atoms with Gasteiger partial charge in [-0.15, -0.1) is 0 Å². The molecule has 0 saturated heterocycles. The summed E-state index contributed by atoms with van der Waals surface area (Å²) in [5.74, 6) is 0.379. The van der Waals surface area contributed by atoms with Crippen molar-refractivity contribution in [3.63, 3.8) is 0 Å². The minimum atomic E-state index is -0.159. The lowest BCUT2D eigenvalue weighted by molar-refractivity contribution is -0.114. The minimum absolute atomic E-state index is 0.159. The third-order valence-electron chi connectivity index (χ3n) is 1.78. The predicted octanol–water partition coefficient (Wildman–Crippen LogP) is 1.31. The second-order valence-electron chi connectivity index (χ2n) is 3.09. The molecule has 0 bridgehead atoms. The Hall–Kier alpha value is -1.82. The van der Waals surface area contributed by atoms with Crippen LogP contribution in [-0.4, -0.2) is 18.1 Å². The van der Waals surface area contributed by atoms with Crippen LogP contribution in [0.5, 0.6) is 5.75 Å². The molecule has 1 amide bonds. The monoisotopic (exact) mass is 239 g/mol. The predicted molar refractivity (Wildman–Crippen MR) is 67.7 cm³/mol. The van der Waals surface area contributed by atoms with Crippen molar-refractivity contribution in [3.05, 3.63) is 18.2 Å². The minimum Gasteiger partial charge on any atom is -0.494 e. The van der Waals surface area contributed by atoms with Crippen molar-refractivity contribution in [1.29, 1.82) is 0 Å². The van der Waals surface area contributed by atoms with Crippen LogP contribution in [0.25, 0.3) is 0 Å². The largest absolute Gasteiger partial charge is 0.494 e. The number of amides is 1. The topological polar surface area (TPSA) is 76.4 Å². The number of hydrogen-bond acceptors (Lipinski definition) is 3. The fraction of sp³-hybridized carbons (Fsp3) is 0.200. The first-order valence-corrected chi connectivity index (χ1v) is 4.96. The zero-order valence-electron chi connectivity index (χ0n) is 9.03. The van der Waals surface area contributed by atoms with E-state index in [1.54, 1.807) is 18.2 Å². The summed E-state index contributed by atoms with van der Waals surface area (Å²) in [4.78, 5) is 10.9. The number of anilines is 2. The molecule has 86 valence electrons. The first-order valence-electron chi connectivity index (χ1n) is 4.55. The number of nitrogens with one attached hydrogen (secondary N) is 2. The summed E-state index contributed by atoms with van der Waals surface area (Å²) in [6, 6.07) is 5.15. The number of rotatable bonds is 3. The zero-order valence-corrected chi connectivity index (χ0v) is 9.85. The van der Waals surface area contributed by atoms with Crippen molar-refractivity contribution in [2.24, 2.45) is 5.73 Å². The van der Waals surface area contributed by atoms with Crippen LogP contribution in [0.2, 0.25) is 0 Å². The molecule has 0 spiro atoms. The molecular formula is C10H13N3O2S. The van der Waals surface area contributed by atoms with Gasteiger partial charge in [-0.25, -0.2) is 0 Å². The highest BCUT2D eigenvalue weighted by Crippen LogP contribution is 2.27. The molecule has 0 heterocycles. The van der Waals surface area contributed by atoms with E-state index in [-0.39, 0.29) is 11.0 Å². The van der Waals surface area contributed by atoms with Gasteiger partial charge in [0.1, 0.15) is 5.75 Å². The van der Waals surface area contributed by atoms with E-state index in [4.69, 9.17) is 22.7 Å². The molecule has 0 fully saturated rings. The van der Waals surface area contributed by atoms with Gasteiger partial charge in [0.15, 0.2) is 5.11 Å². The number of carbonyl (C=O) groups excluding carboxylic acids is 1. The van der Waals surface area contributed by atoms with Crippen LogP contribution < -0.4 is 21.1 Å². The Bertz CT molecular complexity index is 421. The Kier molecular flexibility index (Phi) is 4.07. The smallest absolute Gasteiger partial charge is 0.221 e. The normalized spacial score (nSPS) is 9.38. The van der Waals surface area contributed by atoms with Gasteiger partial charge in [0, 0.05) is 18.7 Å². The van der Waals surface area contributed by atoms with Crippen molar-refractivity contribution < 1.29 is 9.53 Å². The van der Waals surface area contributed by atoms with Gasteiger partial charge in [-0.1, -0.05) is 0 Å². The van der Waals surface area contributed by atoms with Gasteiger partial charge < -0.3 is 21.1 Å². The average Bonchev–Trinajstić information content (AvgIpc) is 2.18. The molecule has 6 heteroatoms. The lowest BCUT2D eigenvalue weighted by Gasteiger charge is -2.11. The van der Waals surface area contributed by atoms with Crippen LogP contribution in [0.4, 0.5) is 11.4 Å². The maximum atomic E-state index is 10.9. The first kappa shape index (κ1) is 12.3. The van der Waals surface area contributed by atoms with Gasteiger partial charge in [-0.2, -0.15) is 0 Å². The molecule has 16 heavy (non-hydrogen) atoms. The van der Waals surface area contributed by atoms with Crippen LogP contribution in [0, 0.1) is 0 Å². The van der Waals surface area contributed by atoms with Crippen LogP contribution in [-0.2, 0) is 4.79 Å². The highest BCUT2D eigenvalue weighted by molar-refractivity contribution is 7.80. The maximum Gasteiger partial charge on any atom is 0.221 e. The molecule has 0 saturated carbocycles. The molecule has 0 aliphatic rings. The number of carbonyl (C=O) groups is 1. The van der Waals surface area contributed by atoms with Crippen molar-refractivity contribution in [1.82, 2.24) is 0 Å². The third kappa shape index (κ3) is 3.39. The van der Waals surface area contributed by atoms with Crippen LogP contribution in [0.3, 0.4) is 0 Å². The van der Waals surface area contributed by atoms with E-state index in [1.807, 2.05) is 0 Å². The molecule has 5 nitrogen and oxygen atoms in total. The van der Waals surface area contributed by atoms with Crippen LogP contribution in [0.1, 0.15) is 6.92 Å². The standard InChI is InChI=1S/C10H13N3O2S/c1-6(14)12-8-4-3-7(13-10(11)16)5-9(8)15-2/h3-5H,1-2H3,(H,12,14)(H3,11,13,16). The van der Waals surface area contributed by atoms with E-state index in [2.05, 4.69) is 10.6 Å². The summed E-state index contributed by atoms with van der Waals surface area (Å²) < 4.78 is 5.13. The number of nitrogens with two attached hydrogens (primary N) is 1. The van der Waals surface area contributed by atoms with Crippen molar-refractivity contribution in [3.8, 4) is 5.75 Å². The number of ether oxygens (including phenoxy) is 1. The lowest BCUT2D eigenvalue weighted by Crippen LogP contribution is -2.19.